The molecule has 0 atom stereocenters. The molecule has 118 valence electrons. The Bertz CT molecular complexity index is 873. The predicted molar refractivity (Wildman–Crippen MR) is 91.2 cm³/mol. The van der Waals surface area contributed by atoms with Crippen molar-refractivity contribution in [3.63, 3.8) is 0 Å². The molecule has 5 nitrogen and oxygen atoms in total. The largest absolute Gasteiger partial charge is 0.495 e. The first-order chi connectivity index (χ1) is 11.1. The number of ether oxygens (including phenoxy) is 1. The lowest BCUT2D eigenvalue weighted by molar-refractivity contribution is -0.115. The minimum absolute atomic E-state index is 0.121. The van der Waals surface area contributed by atoms with Gasteiger partial charge in [-0.05, 0) is 36.2 Å². The number of aromatic amines is 1. The molecule has 6 heteroatoms. The van der Waals surface area contributed by atoms with Gasteiger partial charge in [0.1, 0.15) is 5.75 Å². The van der Waals surface area contributed by atoms with Gasteiger partial charge in [-0.1, -0.05) is 17.7 Å². The number of imidazole rings is 1. The summed E-state index contributed by atoms with van der Waals surface area (Å²) in [5.41, 5.74) is 4.19. The van der Waals surface area contributed by atoms with E-state index in [0.29, 0.717) is 16.5 Å². The zero-order valence-electron chi connectivity index (χ0n) is 12.8. The summed E-state index contributed by atoms with van der Waals surface area (Å²) in [6, 6.07) is 9.21. The average molecular weight is 330 g/mol. The summed E-state index contributed by atoms with van der Waals surface area (Å²) in [7, 11) is 1.54. The van der Waals surface area contributed by atoms with Crippen molar-refractivity contribution in [2.75, 3.05) is 12.4 Å². The second kappa shape index (κ2) is 6.30. The van der Waals surface area contributed by atoms with Gasteiger partial charge in [0.25, 0.3) is 0 Å². The van der Waals surface area contributed by atoms with E-state index in [0.717, 1.165) is 22.2 Å². The Kier molecular flexibility index (Phi) is 4.21. The smallest absolute Gasteiger partial charge is 0.228 e. The molecule has 23 heavy (non-hydrogen) atoms. The number of halogens is 1. The third-order valence-corrected chi connectivity index (χ3v) is 4.01. The van der Waals surface area contributed by atoms with Crippen LogP contribution in [0.2, 0.25) is 5.02 Å². The highest BCUT2D eigenvalue weighted by molar-refractivity contribution is 6.31. The highest BCUT2D eigenvalue weighted by Crippen LogP contribution is 2.31. The van der Waals surface area contributed by atoms with Crippen molar-refractivity contribution in [1.82, 2.24) is 9.97 Å². The Morgan fingerprint density at radius 1 is 1.35 bits per heavy atom. The van der Waals surface area contributed by atoms with Gasteiger partial charge in [0.15, 0.2) is 0 Å². The van der Waals surface area contributed by atoms with Gasteiger partial charge in [-0.3, -0.25) is 4.79 Å². The molecule has 0 aliphatic heterocycles. The van der Waals surface area contributed by atoms with Crippen molar-refractivity contribution < 1.29 is 9.53 Å². The monoisotopic (exact) mass is 329 g/mol. The van der Waals surface area contributed by atoms with E-state index < -0.39 is 0 Å². The number of nitrogens with zero attached hydrogens (tertiary/aromatic N) is 1. The van der Waals surface area contributed by atoms with Crippen LogP contribution in [0.1, 0.15) is 11.1 Å². The van der Waals surface area contributed by atoms with Crippen molar-refractivity contribution in [2.45, 2.75) is 13.3 Å². The fraction of sp³-hybridized carbons (Fsp3) is 0.176. The molecule has 3 rings (SSSR count). The summed E-state index contributed by atoms with van der Waals surface area (Å²) in [4.78, 5) is 19.5. The summed E-state index contributed by atoms with van der Waals surface area (Å²) < 4.78 is 5.27. The van der Waals surface area contributed by atoms with Crippen LogP contribution in [0, 0.1) is 6.92 Å². The number of rotatable bonds is 4. The highest BCUT2D eigenvalue weighted by atomic mass is 35.5. The molecule has 0 unspecified atom stereocenters. The van der Waals surface area contributed by atoms with Crippen LogP contribution in [0.3, 0.4) is 0 Å². The molecule has 0 fully saturated rings. The molecule has 1 heterocycles. The van der Waals surface area contributed by atoms with Crippen LogP contribution < -0.4 is 10.1 Å². The Hall–Kier alpha value is -2.53. The van der Waals surface area contributed by atoms with Crippen LogP contribution in [0.25, 0.3) is 11.0 Å². The Morgan fingerprint density at radius 2 is 2.17 bits per heavy atom. The number of nitrogens with one attached hydrogen (secondary N) is 2. The van der Waals surface area contributed by atoms with Crippen molar-refractivity contribution in [1.29, 1.82) is 0 Å². The van der Waals surface area contributed by atoms with E-state index >= 15 is 0 Å². The zero-order valence-corrected chi connectivity index (χ0v) is 13.6. The number of anilines is 1. The number of aryl methyl sites for hydroxylation is 1. The third-order valence-electron chi connectivity index (χ3n) is 3.60. The number of hydrogen-bond donors (Lipinski definition) is 2. The lowest BCUT2D eigenvalue weighted by atomic mass is 10.1. The number of amides is 1. The normalized spacial score (nSPS) is 10.7. The standard InChI is InChI=1S/C17H16ClN3O2/c1-10-5-15(16(23-2)8-12(10)18)21-17(22)7-11-3-4-13-14(6-11)20-9-19-13/h3-6,8-9H,7H2,1-2H3,(H,19,20)(H,21,22). The van der Waals surface area contributed by atoms with Crippen LogP contribution in [-0.4, -0.2) is 23.0 Å². The SMILES string of the molecule is COc1cc(Cl)c(C)cc1NC(=O)Cc1ccc2nc[nH]c2c1. The van der Waals surface area contributed by atoms with Crippen LogP contribution in [0.4, 0.5) is 5.69 Å². The topological polar surface area (TPSA) is 67.0 Å². The molecule has 2 aromatic carbocycles. The number of carbonyl (C=O) groups excluding carboxylic acids is 1. The lowest BCUT2D eigenvalue weighted by Gasteiger charge is -2.12. The molecular weight excluding hydrogens is 314 g/mol. The maximum atomic E-state index is 12.3. The summed E-state index contributed by atoms with van der Waals surface area (Å²) >= 11 is 6.07. The predicted octanol–water partition coefficient (Wildman–Crippen LogP) is 3.71. The van der Waals surface area contributed by atoms with Gasteiger partial charge in [-0.25, -0.2) is 4.98 Å². The van der Waals surface area contributed by atoms with Gasteiger partial charge in [0, 0.05) is 11.1 Å². The van der Waals surface area contributed by atoms with E-state index in [4.69, 9.17) is 16.3 Å². The Balaban J connectivity index is 1.77. The number of carbonyl (C=O) groups is 1. The molecule has 1 amide bonds. The molecule has 0 bridgehead atoms. The number of H-pyrrole nitrogens is 1. The van der Waals surface area contributed by atoms with E-state index in [-0.39, 0.29) is 12.3 Å². The first-order valence-corrected chi connectivity index (χ1v) is 7.50. The van der Waals surface area contributed by atoms with Crippen molar-refractivity contribution >= 4 is 34.2 Å². The Labute approximate surface area is 138 Å². The third kappa shape index (κ3) is 3.29. The second-order valence-electron chi connectivity index (χ2n) is 5.28. The molecule has 0 spiro atoms. The maximum absolute atomic E-state index is 12.3. The second-order valence-corrected chi connectivity index (χ2v) is 5.69. The molecule has 0 saturated carbocycles. The quantitative estimate of drug-likeness (QED) is 0.766. The van der Waals surface area contributed by atoms with Crippen molar-refractivity contribution in [3.8, 4) is 5.75 Å². The van der Waals surface area contributed by atoms with Crippen molar-refractivity contribution in [2.24, 2.45) is 0 Å². The molecular formula is C17H16ClN3O2. The molecule has 0 aliphatic carbocycles. The molecule has 3 aromatic rings. The molecule has 2 N–H and O–H groups in total. The van der Waals surface area contributed by atoms with E-state index in [1.165, 1.54) is 0 Å². The molecule has 1 aromatic heterocycles. The number of methoxy groups -OCH3 is 1. The van der Waals surface area contributed by atoms with Crippen LogP contribution in [0.5, 0.6) is 5.75 Å². The molecule has 0 aliphatic rings. The highest BCUT2D eigenvalue weighted by Gasteiger charge is 2.11. The Morgan fingerprint density at radius 3 is 2.96 bits per heavy atom. The fourth-order valence-electron chi connectivity index (χ4n) is 2.40. The van der Waals surface area contributed by atoms with Crippen LogP contribution >= 0.6 is 11.6 Å². The van der Waals surface area contributed by atoms with E-state index in [1.54, 1.807) is 25.6 Å². The fourth-order valence-corrected chi connectivity index (χ4v) is 2.56. The first-order valence-electron chi connectivity index (χ1n) is 7.13. The number of benzene rings is 2. The number of aromatic nitrogens is 2. The van der Waals surface area contributed by atoms with Gasteiger partial charge in [-0.15, -0.1) is 0 Å². The lowest BCUT2D eigenvalue weighted by Crippen LogP contribution is -2.15. The first kappa shape index (κ1) is 15.4. The minimum atomic E-state index is -0.121. The zero-order chi connectivity index (χ0) is 16.4. The number of fused-ring (bicyclic) bond motifs is 1. The summed E-state index contributed by atoms with van der Waals surface area (Å²) in [6.07, 6.45) is 1.90. The van der Waals surface area contributed by atoms with Crippen LogP contribution in [-0.2, 0) is 11.2 Å². The van der Waals surface area contributed by atoms with Gasteiger partial charge in [0.05, 0.1) is 36.6 Å². The van der Waals surface area contributed by atoms with E-state index in [2.05, 4.69) is 15.3 Å². The average Bonchev–Trinajstić information content (AvgIpc) is 2.98. The van der Waals surface area contributed by atoms with Crippen molar-refractivity contribution in [3.05, 3.63) is 52.8 Å². The number of hydrogen-bond acceptors (Lipinski definition) is 3. The van der Waals surface area contributed by atoms with Gasteiger partial charge >= 0.3 is 0 Å². The van der Waals surface area contributed by atoms with Gasteiger partial charge in [0.2, 0.25) is 5.91 Å². The van der Waals surface area contributed by atoms with Crippen LogP contribution in [0.15, 0.2) is 36.7 Å². The van der Waals surface area contributed by atoms with E-state index in [9.17, 15) is 4.79 Å². The summed E-state index contributed by atoms with van der Waals surface area (Å²) in [5, 5.41) is 3.47. The molecule has 0 radical (unpaired) electrons. The molecule has 0 saturated heterocycles. The summed E-state index contributed by atoms with van der Waals surface area (Å²) in [6.45, 7) is 1.88. The van der Waals surface area contributed by atoms with Gasteiger partial charge < -0.3 is 15.0 Å². The van der Waals surface area contributed by atoms with E-state index in [1.807, 2.05) is 25.1 Å². The summed E-state index contributed by atoms with van der Waals surface area (Å²) in [5.74, 6) is 0.418. The maximum Gasteiger partial charge on any atom is 0.228 e. The van der Waals surface area contributed by atoms with Gasteiger partial charge in [-0.2, -0.15) is 0 Å². The minimum Gasteiger partial charge on any atom is -0.495 e.